The molecule has 0 amide bonds. The van der Waals surface area contributed by atoms with Crippen LogP contribution in [0.15, 0.2) is 212 Å². The Kier molecular flexibility index (Phi) is 8.76. The van der Waals surface area contributed by atoms with Crippen LogP contribution in [-0.2, 0) is 11.8 Å². The first-order chi connectivity index (χ1) is 31.1. The molecule has 2 nitrogen and oxygen atoms in total. The fourth-order valence-corrected chi connectivity index (χ4v) is 10.9. The fourth-order valence-electron chi connectivity index (χ4n) is 10.9. The summed E-state index contributed by atoms with van der Waals surface area (Å²) in [6.07, 6.45) is 2.11. The van der Waals surface area contributed by atoms with Crippen LogP contribution < -0.4 is 0 Å². The highest BCUT2D eigenvalue weighted by Crippen LogP contribution is 2.59. The number of aromatic nitrogens is 2. The van der Waals surface area contributed by atoms with Gasteiger partial charge >= 0.3 is 0 Å². The minimum Gasteiger partial charge on any atom is -0.292 e. The molecule has 0 fully saturated rings. The number of rotatable bonds is 6. The number of aryl methyl sites for hydroxylation is 3. The Morgan fingerprint density at radius 2 is 1.13 bits per heavy atom. The molecule has 10 aromatic rings. The zero-order chi connectivity index (χ0) is 42.1. The maximum absolute atomic E-state index is 5.33. The maximum atomic E-state index is 5.33. The van der Waals surface area contributed by atoms with Gasteiger partial charge in [0.15, 0.2) is 0 Å². The molecule has 1 unspecified atom stereocenters. The zero-order valence-electron chi connectivity index (χ0n) is 35.6. The van der Waals surface area contributed by atoms with E-state index in [0.29, 0.717) is 5.92 Å². The molecule has 9 aromatic carbocycles. The predicted molar refractivity (Wildman–Crippen MR) is 261 cm³/mol. The standard InChI is InChI=1S/C61H46N2/c1-40-24-32-47(33-25-40)61(48-34-26-41(2)27-35-48)54-37-31-46(45-29-28-43-30-36-49(42-14-5-3-6-15-42)50-18-9-10-19-51(50)52(43)38-45)39-53(54)59-55(61)20-13-23-58(59)63-57-22-12-11-21-56(57)62-60(63)44-16-7-4-8-17-44/h3-29,31-35,37-39,49H,30,36H2,1-2H3. The second-order valence-electron chi connectivity index (χ2n) is 17.5. The number of fused-ring (bicyclic) bond motifs is 7. The van der Waals surface area contributed by atoms with Crippen molar-refractivity contribution in [1.29, 1.82) is 0 Å². The molecule has 12 rings (SSSR count). The van der Waals surface area contributed by atoms with Gasteiger partial charge in [0.1, 0.15) is 5.82 Å². The summed E-state index contributed by atoms with van der Waals surface area (Å²) in [6, 6.07) is 79.3. The van der Waals surface area contributed by atoms with Crippen molar-refractivity contribution >= 4 is 11.0 Å². The highest BCUT2D eigenvalue weighted by atomic mass is 15.1. The van der Waals surface area contributed by atoms with E-state index in [1.54, 1.807) is 0 Å². The van der Waals surface area contributed by atoms with Crippen LogP contribution in [0.4, 0.5) is 0 Å². The lowest BCUT2D eigenvalue weighted by atomic mass is 9.67. The first-order valence-electron chi connectivity index (χ1n) is 22.3. The zero-order valence-corrected chi connectivity index (χ0v) is 35.6. The Morgan fingerprint density at radius 3 is 1.87 bits per heavy atom. The summed E-state index contributed by atoms with van der Waals surface area (Å²) in [7, 11) is 0. The molecule has 63 heavy (non-hydrogen) atoms. The van der Waals surface area contributed by atoms with Crippen LogP contribution >= 0.6 is 0 Å². The van der Waals surface area contributed by atoms with Crippen molar-refractivity contribution in [2.24, 2.45) is 0 Å². The van der Waals surface area contributed by atoms with Crippen LogP contribution in [-0.4, -0.2) is 9.55 Å². The summed E-state index contributed by atoms with van der Waals surface area (Å²) >= 11 is 0. The molecule has 0 radical (unpaired) electrons. The van der Waals surface area contributed by atoms with Crippen LogP contribution in [0.25, 0.3) is 61.5 Å². The molecular formula is C61H46N2. The van der Waals surface area contributed by atoms with Gasteiger partial charge in [0.2, 0.25) is 0 Å². The predicted octanol–water partition coefficient (Wildman–Crippen LogP) is 15.1. The number of benzene rings is 9. The second kappa shape index (κ2) is 14.8. The Hall–Kier alpha value is -7.55. The van der Waals surface area contributed by atoms with Crippen LogP contribution in [0.2, 0.25) is 0 Å². The normalized spacial score (nSPS) is 14.7. The van der Waals surface area contributed by atoms with Gasteiger partial charge < -0.3 is 0 Å². The first-order valence-corrected chi connectivity index (χ1v) is 22.3. The summed E-state index contributed by atoms with van der Waals surface area (Å²) in [6.45, 7) is 4.36. The molecule has 1 aromatic heterocycles. The number of imidazole rings is 1. The molecule has 0 saturated carbocycles. The SMILES string of the molecule is Cc1ccc(C2(c3ccc(C)cc3)c3ccc(-c4ccc5c(c4)-c4ccccc4C(c4ccccc4)CC5)cc3-c3c(-n4c(-c5ccccc5)nc5ccccc54)cccc32)cc1. The molecule has 1 heterocycles. The van der Waals surface area contributed by atoms with Crippen molar-refractivity contribution in [3.63, 3.8) is 0 Å². The number of para-hydroxylation sites is 2. The number of hydrogen-bond acceptors (Lipinski definition) is 1. The van der Waals surface area contributed by atoms with E-state index in [0.717, 1.165) is 41.0 Å². The molecular weight excluding hydrogens is 761 g/mol. The van der Waals surface area contributed by atoms with Gasteiger partial charge in [-0.05, 0) is 124 Å². The summed E-state index contributed by atoms with van der Waals surface area (Å²) in [5.41, 5.74) is 23.1. The smallest absolute Gasteiger partial charge is 0.145 e. The first kappa shape index (κ1) is 37.2. The van der Waals surface area contributed by atoms with Crippen LogP contribution in [0, 0.1) is 13.8 Å². The van der Waals surface area contributed by atoms with Gasteiger partial charge in [-0.1, -0.05) is 193 Å². The Balaban J connectivity index is 1.13. The van der Waals surface area contributed by atoms with Gasteiger partial charge in [-0.15, -0.1) is 0 Å². The average Bonchev–Trinajstić information content (AvgIpc) is 3.81. The third kappa shape index (κ3) is 5.89. The van der Waals surface area contributed by atoms with Crippen molar-refractivity contribution in [2.45, 2.75) is 38.0 Å². The van der Waals surface area contributed by atoms with E-state index in [2.05, 4.69) is 231 Å². The quantitative estimate of drug-likeness (QED) is 0.164. The van der Waals surface area contributed by atoms with Gasteiger partial charge in [0, 0.05) is 17.0 Å². The molecule has 2 heteroatoms. The molecule has 0 bridgehead atoms. The number of hydrogen-bond donors (Lipinski definition) is 0. The minimum atomic E-state index is -0.566. The van der Waals surface area contributed by atoms with Crippen molar-refractivity contribution < 1.29 is 0 Å². The molecule has 0 saturated heterocycles. The topological polar surface area (TPSA) is 17.8 Å². The van der Waals surface area contributed by atoms with E-state index in [1.165, 1.54) is 83.5 Å². The molecule has 1 atom stereocenters. The molecule has 0 spiro atoms. The van der Waals surface area contributed by atoms with E-state index in [9.17, 15) is 0 Å². The third-order valence-electron chi connectivity index (χ3n) is 13.9. The maximum Gasteiger partial charge on any atom is 0.145 e. The van der Waals surface area contributed by atoms with E-state index >= 15 is 0 Å². The largest absolute Gasteiger partial charge is 0.292 e. The van der Waals surface area contributed by atoms with E-state index < -0.39 is 5.41 Å². The van der Waals surface area contributed by atoms with Gasteiger partial charge in [-0.2, -0.15) is 0 Å². The van der Waals surface area contributed by atoms with E-state index in [-0.39, 0.29) is 0 Å². The van der Waals surface area contributed by atoms with E-state index in [1.807, 2.05) is 0 Å². The molecule has 0 N–H and O–H groups in total. The summed E-state index contributed by atoms with van der Waals surface area (Å²) < 4.78 is 2.41. The van der Waals surface area contributed by atoms with Crippen molar-refractivity contribution in [3.05, 3.63) is 262 Å². The molecule has 2 aliphatic rings. The summed E-state index contributed by atoms with van der Waals surface area (Å²) in [4.78, 5) is 5.33. The van der Waals surface area contributed by atoms with Crippen molar-refractivity contribution in [1.82, 2.24) is 9.55 Å². The van der Waals surface area contributed by atoms with Gasteiger partial charge in [-0.3, -0.25) is 4.57 Å². The highest BCUT2D eigenvalue weighted by molar-refractivity contribution is 5.96. The molecule has 2 aliphatic carbocycles. The lowest BCUT2D eigenvalue weighted by molar-refractivity contribution is 0.726. The summed E-state index contributed by atoms with van der Waals surface area (Å²) in [5.74, 6) is 1.29. The Morgan fingerprint density at radius 1 is 0.492 bits per heavy atom. The van der Waals surface area contributed by atoms with Crippen molar-refractivity contribution in [3.8, 4) is 50.5 Å². The van der Waals surface area contributed by atoms with Gasteiger partial charge in [-0.25, -0.2) is 4.98 Å². The lowest BCUT2D eigenvalue weighted by Gasteiger charge is -2.34. The Labute approximate surface area is 369 Å². The highest BCUT2D eigenvalue weighted by Gasteiger charge is 2.47. The van der Waals surface area contributed by atoms with E-state index in [4.69, 9.17) is 4.98 Å². The van der Waals surface area contributed by atoms with Crippen LogP contribution in [0.3, 0.4) is 0 Å². The molecule has 300 valence electrons. The molecule has 0 aliphatic heterocycles. The monoisotopic (exact) mass is 806 g/mol. The fraction of sp³-hybridized carbons (Fsp3) is 0.0984. The average molecular weight is 807 g/mol. The van der Waals surface area contributed by atoms with Crippen LogP contribution in [0.5, 0.6) is 0 Å². The minimum absolute atomic E-state index is 0.352. The van der Waals surface area contributed by atoms with Gasteiger partial charge in [0.05, 0.1) is 22.1 Å². The van der Waals surface area contributed by atoms with Crippen LogP contribution in [0.1, 0.15) is 62.4 Å². The second-order valence-corrected chi connectivity index (χ2v) is 17.5. The third-order valence-corrected chi connectivity index (χ3v) is 13.9. The Bertz CT molecular complexity index is 3290. The van der Waals surface area contributed by atoms with Crippen molar-refractivity contribution in [2.75, 3.05) is 0 Å². The van der Waals surface area contributed by atoms with Gasteiger partial charge in [0.25, 0.3) is 0 Å². The lowest BCUT2D eigenvalue weighted by Crippen LogP contribution is -2.28. The number of nitrogens with zero attached hydrogens (tertiary/aromatic N) is 2. The summed E-state index contributed by atoms with van der Waals surface area (Å²) in [5, 5.41) is 0.